The van der Waals surface area contributed by atoms with Gasteiger partial charge in [0.2, 0.25) is 0 Å². The van der Waals surface area contributed by atoms with Gasteiger partial charge < -0.3 is 14.8 Å². The molecule has 0 saturated heterocycles. The molecule has 5 heteroatoms. The van der Waals surface area contributed by atoms with Crippen LogP contribution in [0, 0.1) is 0 Å². The first-order valence-electron chi connectivity index (χ1n) is 6.79. The highest BCUT2D eigenvalue weighted by molar-refractivity contribution is 5.91. The topological polar surface area (TPSA) is 64.6 Å². The molecule has 20 heavy (non-hydrogen) atoms. The summed E-state index contributed by atoms with van der Waals surface area (Å²) in [6.07, 6.45) is 4.32. The summed E-state index contributed by atoms with van der Waals surface area (Å²) < 4.78 is 9.99. The zero-order valence-corrected chi connectivity index (χ0v) is 11.6. The van der Waals surface area contributed by atoms with Crippen LogP contribution in [-0.2, 0) is 9.53 Å². The fraction of sp³-hybridized carbons (Fsp3) is 0.467. The predicted molar refractivity (Wildman–Crippen MR) is 73.7 cm³/mol. The van der Waals surface area contributed by atoms with Gasteiger partial charge in [-0.1, -0.05) is 12.8 Å². The molecule has 5 nitrogen and oxygen atoms in total. The summed E-state index contributed by atoms with van der Waals surface area (Å²) in [6.45, 7) is -0.235. The lowest BCUT2D eigenvalue weighted by atomic mass is 10.2. The Kier molecular flexibility index (Phi) is 4.98. The molecule has 1 saturated carbocycles. The Balaban J connectivity index is 1.77. The van der Waals surface area contributed by atoms with Crippen molar-refractivity contribution >= 4 is 11.9 Å². The fourth-order valence-electron chi connectivity index (χ4n) is 2.28. The van der Waals surface area contributed by atoms with E-state index in [0.29, 0.717) is 11.3 Å². The molecule has 0 bridgehead atoms. The number of methoxy groups -OCH3 is 1. The number of carbonyl (C=O) groups is 2. The number of hydrogen-bond donors (Lipinski definition) is 1. The number of nitrogens with one attached hydrogen (secondary N) is 1. The molecule has 0 radical (unpaired) electrons. The Hall–Kier alpha value is -2.04. The summed E-state index contributed by atoms with van der Waals surface area (Å²) in [7, 11) is 1.56. The molecule has 0 unspecified atom stereocenters. The van der Waals surface area contributed by atoms with Crippen LogP contribution in [-0.4, -0.2) is 31.6 Å². The standard InChI is InChI=1S/C15H19NO4/c1-19-13-8-6-11(7-9-13)15(18)20-10-14(17)16-12-4-2-3-5-12/h6-9,12H,2-5,10H2,1H3,(H,16,17). The van der Waals surface area contributed by atoms with Crippen molar-refractivity contribution in [2.24, 2.45) is 0 Å². The highest BCUT2D eigenvalue weighted by Gasteiger charge is 2.18. The minimum atomic E-state index is -0.505. The smallest absolute Gasteiger partial charge is 0.338 e. The maximum absolute atomic E-state index is 11.7. The van der Waals surface area contributed by atoms with E-state index in [0.717, 1.165) is 25.7 Å². The molecule has 1 N–H and O–H groups in total. The van der Waals surface area contributed by atoms with Gasteiger partial charge in [0.15, 0.2) is 6.61 Å². The van der Waals surface area contributed by atoms with Crippen molar-refractivity contribution in [2.75, 3.05) is 13.7 Å². The molecule has 1 amide bonds. The maximum Gasteiger partial charge on any atom is 0.338 e. The summed E-state index contributed by atoms with van der Waals surface area (Å²) in [5.74, 6) is -0.0755. The van der Waals surface area contributed by atoms with E-state index in [1.165, 1.54) is 0 Å². The molecule has 0 atom stereocenters. The van der Waals surface area contributed by atoms with Gasteiger partial charge >= 0.3 is 5.97 Å². The molecular formula is C15H19NO4. The van der Waals surface area contributed by atoms with Crippen LogP contribution in [0.5, 0.6) is 5.75 Å². The second-order valence-corrected chi connectivity index (χ2v) is 4.85. The second-order valence-electron chi connectivity index (χ2n) is 4.85. The average molecular weight is 277 g/mol. The molecule has 1 aromatic carbocycles. The minimum absolute atomic E-state index is 0.235. The third-order valence-electron chi connectivity index (χ3n) is 3.38. The van der Waals surface area contributed by atoms with E-state index in [1.54, 1.807) is 31.4 Å². The highest BCUT2D eigenvalue weighted by Crippen LogP contribution is 2.17. The largest absolute Gasteiger partial charge is 0.497 e. The first kappa shape index (κ1) is 14.4. The van der Waals surface area contributed by atoms with Crippen LogP contribution in [0.1, 0.15) is 36.0 Å². The van der Waals surface area contributed by atoms with Crippen molar-refractivity contribution in [1.29, 1.82) is 0 Å². The molecule has 108 valence electrons. The molecular weight excluding hydrogens is 258 g/mol. The van der Waals surface area contributed by atoms with Crippen LogP contribution in [0.4, 0.5) is 0 Å². The molecule has 1 aromatic rings. The van der Waals surface area contributed by atoms with Crippen molar-refractivity contribution in [3.05, 3.63) is 29.8 Å². The number of benzene rings is 1. The summed E-state index contributed by atoms with van der Waals surface area (Å²) in [6, 6.07) is 6.80. The van der Waals surface area contributed by atoms with Crippen LogP contribution in [0.3, 0.4) is 0 Å². The zero-order chi connectivity index (χ0) is 14.4. The third-order valence-corrected chi connectivity index (χ3v) is 3.38. The van der Waals surface area contributed by atoms with Crippen LogP contribution in [0.25, 0.3) is 0 Å². The van der Waals surface area contributed by atoms with Crippen LogP contribution >= 0.6 is 0 Å². The van der Waals surface area contributed by atoms with Crippen molar-refractivity contribution in [2.45, 2.75) is 31.7 Å². The molecule has 2 rings (SSSR count). The lowest BCUT2D eigenvalue weighted by molar-refractivity contribution is -0.124. The molecule has 1 aliphatic carbocycles. The van der Waals surface area contributed by atoms with Gasteiger partial charge in [0.25, 0.3) is 5.91 Å². The van der Waals surface area contributed by atoms with E-state index in [9.17, 15) is 9.59 Å². The monoisotopic (exact) mass is 277 g/mol. The lowest BCUT2D eigenvalue weighted by Crippen LogP contribution is -2.35. The normalized spacial score (nSPS) is 14.8. The Morgan fingerprint density at radius 2 is 1.85 bits per heavy atom. The Bertz CT molecular complexity index is 463. The molecule has 1 aliphatic rings. The minimum Gasteiger partial charge on any atom is -0.497 e. The number of amides is 1. The number of hydrogen-bond acceptors (Lipinski definition) is 4. The van der Waals surface area contributed by atoms with E-state index >= 15 is 0 Å². The second kappa shape index (κ2) is 6.93. The number of ether oxygens (including phenoxy) is 2. The summed E-state index contributed by atoms with van der Waals surface area (Å²) in [5.41, 5.74) is 0.402. The van der Waals surface area contributed by atoms with Gasteiger partial charge in [-0.15, -0.1) is 0 Å². The number of rotatable bonds is 5. The van der Waals surface area contributed by atoms with Crippen molar-refractivity contribution in [3.8, 4) is 5.75 Å². The van der Waals surface area contributed by atoms with E-state index < -0.39 is 5.97 Å². The van der Waals surface area contributed by atoms with Crippen molar-refractivity contribution in [1.82, 2.24) is 5.32 Å². The van der Waals surface area contributed by atoms with Gasteiger partial charge in [-0.25, -0.2) is 4.79 Å². The molecule has 0 aromatic heterocycles. The van der Waals surface area contributed by atoms with Crippen molar-refractivity contribution < 1.29 is 19.1 Å². The maximum atomic E-state index is 11.7. The van der Waals surface area contributed by atoms with E-state index in [-0.39, 0.29) is 18.6 Å². The van der Waals surface area contributed by atoms with Gasteiger partial charge in [-0.3, -0.25) is 4.79 Å². The van der Waals surface area contributed by atoms with E-state index in [1.807, 2.05) is 0 Å². The van der Waals surface area contributed by atoms with Gasteiger partial charge in [0.05, 0.1) is 12.7 Å². The fourth-order valence-corrected chi connectivity index (χ4v) is 2.28. The van der Waals surface area contributed by atoms with Gasteiger partial charge in [0.1, 0.15) is 5.75 Å². The zero-order valence-electron chi connectivity index (χ0n) is 11.6. The first-order chi connectivity index (χ1) is 9.69. The van der Waals surface area contributed by atoms with Gasteiger partial charge in [-0.2, -0.15) is 0 Å². The lowest BCUT2D eigenvalue weighted by Gasteiger charge is -2.12. The van der Waals surface area contributed by atoms with Crippen LogP contribution in [0.2, 0.25) is 0 Å². The van der Waals surface area contributed by atoms with Crippen LogP contribution in [0.15, 0.2) is 24.3 Å². The van der Waals surface area contributed by atoms with Crippen LogP contribution < -0.4 is 10.1 Å². The van der Waals surface area contributed by atoms with E-state index in [2.05, 4.69) is 5.32 Å². The van der Waals surface area contributed by atoms with Gasteiger partial charge in [-0.05, 0) is 37.1 Å². The highest BCUT2D eigenvalue weighted by atomic mass is 16.5. The SMILES string of the molecule is COc1ccc(C(=O)OCC(=O)NC2CCCC2)cc1. The van der Waals surface area contributed by atoms with E-state index in [4.69, 9.17) is 9.47 Å². The Morgan fingerprint density at radius 3 is 2.45 bits per heavy atom. The first-order valence-corrected chi connectivity index (χ1v) is 6.79. The molecule has 0 aliphatic heterocycles. The average Bonchev–Trinajstić information content (AvgIpc) is 2.97. The quantitative estimate of drug-likeness (QED) is 0.835. The summed E-state index contributed by atoms with van der Waals surface area (Å²) >= 11 is 0. The predicted octanol–water partition coefficient (Wildman–Crippen LogP) is 1.91. The third kappa shape index (κ3) is 3.98. The van der Waals surface area contributed by atoms with Crippen molar-refractivity contribution in [3.63, 3.8) is 0 Å². The molecule has 0 heterocycles. The molecule has 0 spiro atoms. The number of carbonyl (C=O) groups excluding carboxylic acids is 2. The van der Waals surface area contributed by atoms with Gasteiger partial charge in [0, 0.05) is 6.04 Å². The summed E-state index contributed by atoms with van der Waals surface area (Å²) in [4.78, 5) is 23.4. The molecule has 1 fully saturated rings. The Morgan fingerprint density at radius 1 is 1.20 bits per heavy atom. The summed E-state index contributed by atoms with van der Waals surface area (Å²) in [5, 5.41) is 2.87. The Labute approximate surface area is 118 Å². The number of esters is 1.